The van der Waals surface area contributed by atoms with Crippen molar-refractivity contribution < 1.29 is 23.5 Å². The highest BCUT2D eigenvalue weighted by molar-refractivity contribution is 5.84. The summed E-state index contributed by atoms with van der Waals surface area (Å²) in [7, 11) is 0. The first-order valence-electron chi connectivity index (χ1n) is 14.3. The molecule has 1 aromatic carbocycles. The topological polar surface area (TPSA) is 81.9 Å². The zero-order valence-electron chi connectivity index (χ0n) is 23.7. The second-order valence-electron chi connectivity index (χ2n) is 12.4. The molecule has 6 heteroatoms. The second-order valence-corrected chi connectivity index (χ2v) is 12.4. The summed E-state index contributed by atoms with van der Waals surface area (Å²) in [6, 6.07) is 5.86. The molecule has 2 saturated heterocycles. The van der Waals surface area contributed by atoms with Gasteiger partial charge >= 0.3 is 5.97 Å². The minimum Gasteiger partial charge on any atom is -0.457 e. The zero-order chi connectivity index (χ0) is 26.8. The molecule has 3 heterocycles. The standard InChI is InChI=1S/C31H45NO5/c1-7-8-17-31-20-26(23-12-13-25-24(19-23)32-22(3)35-25)36-28(34)15-18-29(4,5)27(33)14-11-21(2)10-9-16-30(31,6)37-31/h12-13,19,21,26H,7-11,14-18,20H2,1-6H3. The summed E-state index contributed by atoms with van der Waals surface area (Å²) >= 11 is 0. The number of benzene rings is 1. The van der Waals surface area contributed by atoms with Crippen LogP contribution in [0, 0.1) is 18.3 Å². The van der Waals surface area contributed by atoms with Gasteiger partial charge in [-0.3, -0.25) is 9.59 Å². The lowest BCUT2D eigenvalue weighted by atomic mass is 9.79. The van der Waals surface area contributed by atoms with Gasteiger partial charge in [0, 0.05) is 31.6 Å². The number of oxazole rings is 1. The van der Waals surface area contributed by atoms with Crippen LogP contribution in [0.5, 0.6) is 0 Å². The number of Topliss-reactive ketones (excluding diaryl/α,β-unsaturated/α-hetero) is 1. The summed E-state index contributed by atoms with van der Waals surface area (Å²) in [5, 5.41) is 0. The van der Waals surface area contributed by atoms with E-state index in [9.17, 15) is 9.59 Å². The van der Waals surface area contributed by atoms with Crippen LogP contribution in [-0.2, 0) is 19.1 Å². The van der Waals surface area contributed by atoms with Gasteiger partial charge in [0.2, 0.25) is 0 Å². The van der Waals surface area contributed by atoms with Gasteiger partial charge in [-0.05, 0) is 56.2 Å². The monoisotopic (exact) mass is 511 g/mol. The van der Waals surface area contributed by atoms with E-state index in [-0.39, 0.29) is 29.4 Å². The molecular formula is C31H45NO5. The molecule has 4 unspecified atom stereocenters. The van der Waals surface area contributed by atoms with Gasteiger partial charge in [0.1, 0.15) is 23.0 Å². The fraction of sp³-hybridized carbons (Fsp3) is 0.710. The number of aromatic nitrogens is 1. The Bertz CT molecular complexity index is 1120. The number of esters is 1. The lowest BCUT2D eigenvalue weighted by Gasteiger charge is -2.27. The SMILES string of the molecule is CCCCC12CC(c3ccc4oc(C)nc4c3)OC(=O)CCC(C)(C)C(=O)CCC(C)CCCC1(C)O2. The predicted octanol–water partition coefficient (Wildman–Crippen LogP) is 7.80. The van der Waals surface area contributed by atoms with Crippen molar-refractivity contribution in [3.05, 3.63) is 29.7 Å². The van der Waals surface area contributed by atoms with Crippen molar-refractivity contribution >= 4 is 22.9 Å². The molecular weight excluding hydrogens is 466 g/mol. The number of nitrogens with zero attached hydrogens (tertiary/aromatic N) is 1. The number of hydrogen-bond donors (Lipinski definition) is 0. The van der Waals surface area contributed by atoms with Crippen LogP contribution in [0.15, 0.2) is 22.6 Å². The van der Waals surface area contributed by atoms with Gasteiger partial charge in [0.15, 0.2) is 11.5 Å². The third kappa shape index (κ3) is 6.27. The van der Waals surface area contributed by atoms with E-state index >= 15 is 0 Å². The van der Waals surface area contributed by atoms with E-state index in [1.807, 2.05) is 39.0 Å². The minimum absolute atomic E-state index is 0.218. The molecule has 0 saturated carbocycles. The van der Waals surface area contributed by atoms with E-state index in [2.05, 4.69) is 25.8 Å². The summed E-state index contributed by atoms with van der Waals surface area (Å²) in [4.78, 5) is 30.6. The maximum atomic E-state index is 13.2. The Balaban J connectivity index is 1.65. The van der Waals surface area contributed by atoms with Gasteiger partial charge in [-0.15, -0.1) is 0 Å². The number of carbonyl (C=O) groups is 2. The number of fused-ring (bicyclic) bond motifs is 2. The van der Waals surface area contributed by atoms with Crippen molar-refractivity contribution in [3.8, 4) is 0 Å². The van der Waals surface area contributed by atoms with Gasteiger partial charge in [0.05, 0.1) is 5.60 Å². The third-order valence-electron chi connectivity index (χ3n) is 8.88. The quantitative estimate of drug-likeness (QED) is 0.308. The normalized spacial score (nSPS) is 31.6. The summed E-state index contributed by atoms with van der Waals surface area (Å²) in [6.45, 7) is 12.4. The zero-order valence-corrected chi connectivity index (χ0v) is 23.7. The van der Waals surface area contributed by atoms with Crippen molar-refractivity contribution in [2.24, 2.45) is 11.3 Å². The summed E-state index contributed by atoms with van der Waals surface area (Å²) < 4.78 is 18.5. The van der Waals surface area contributed by atoms with Crippen LogP contribution in [0.4, 0.5) is 0 Å². The lowest BCUT2D eigenvalue weighted by Crippen LogP contribution is -2.29. The van der Waals surface area contributed by atoms with Crippen molar-refractivity contribution in [3.63, 3.8) is 0 Å². The molecule has 4 rings (SSSR count). The number of hydrogen-bond acceptors (Lipinski definition) is 6. The van der Waals surface area contributed by atoms with Gasteiger partial charge in [-0.25, -0.2) is 4.98 Å². The molecule has 4 atom stereocenters. The van der Waals surface area contributed by atoms with Crippen LogP contribution in [0.2, 0.25) is 0 Å². The highest BCUT2D eigenvalue weighted by atomic mass is 16.6. The Hall–Kier alpha value is -2.21. The Morgan fingerprint density at radius 1 is 1.08 bits per heavy atom. The molecule has 6 nitrogen and oxygen atoms in total. The molecule has 1 aromatic heterocycles. The number of carbonyl (C=O) groups excluding carboxylic acids is 2. The number of rotatable bonds is 4. The molecule has 0 N–H and O–H groups in total. The van der Waals surface area contributed by atoms with Gasteiger partial charge < -0.3 is 13.9 Å². The summed E-state index contributed by atoms with van der Waals surface area (Å²) in [5.74, 6) is 1.07. The average Bonchev–Trinajstić information content (AvgIpc) is 3.21. The van der Waals surface area contributed by atoms with Crippen molar-refractivity contribution in [1.82, 2.24) is 4.98 Å². The van der Waals surface area contributed by atoms with Gasteiger partial charge in [-0.1, -0.05) is 59.4 Å². The number of epoxide rings is 1. The molecule has 0 bridgehead atoms. The largest absolute Gasteiger partial charge is 0.457 e. The summed E-state index contributed by atoms with van der Waals surface area (Å²) in [6.07, 6.45) is 8.61. The Labute approximate surface area is 221 Å². The van der Waals surface area contributed by atoms with Crippen molar-refractivity contribution in [2.45, 2.75) is 129 Å². The predicted molar refractivity (Wildman–Crippen MR) is 144 cm³/mol. The number of unbranched alkanes of at least 4 members (excludes halogenated alkanes) is 1. The van der Waals surface area contributed by atoms with Crippen LogP contribution in [0.25, 0.3) is 11.1 Å². The van der Waals surface area contributed by atoms with Gasteiger partial charge in [-0.2, -0.15) is 0 Å². The number of ketones is 1. The number of cyclic esters (lactones) is 1. The van der Waals surface area contributed by atoms with Crippen LogP contribution in [-0.4, -0.2) is 27.9 Å². The molecule has 204 valence electrons. The maximum Gasteiger partial charge on any atom is 0.306 e. The minimum atomic E-state index is -0.539. The Morgan fingerprint density at radius 3 is 2.62 bits per heavy atom. The smallest absolute Gasteiger partial charge is 0.306 e. The van der Waals surface area contributed by atoms with Crippen LogP contribution in [0.1, 0.15) is 123 Å². The van der Waals surface area contributed by atoms with E-state index in [1.165, 1.54) is 0 Å². The first kappa shape index (κ1) is 27.8. The third-order valence-corrected chi connectivity index (χ3v) is 8.88. The molecule has 0 aliphatic carbocycles. The number of aryl methyl sites for hydroxylation is 1. The molecule has 37 heavy (non-hydrogen) atoms. The van der Waals surface area contributed by atoms with E-state index in [1.54, 1.807) is 0 Å². The molecule has 2 fully saturated rings. The fourth-order valence-electron chi connectivity index (χ4n) is 6.03. The highest BCUT2D eigenvalue weighted by Gasteiger charge is 2.66. The van der Waals surface area contributed by atoms with Crippen LogP contribution >= 0.6 is 0 Å². The first-order chi connectivity index (χ1) is 17.5. The average molecular weight is 512 g/mol. The van der Waals surface area contributed by atoms with E-state index in [0.717, 1.165) is 61.6 Å². The molecule has 0 amide bonds. The first-order valence-corrected chi connectivity index (χ1v) is 14.3. The number of ether oxygens (including phenoxy) is 2. The molecule has 2 aliphatic heterocycles. The highest BCUT2D eigenvalue weighted by Crippen LogP contribution is 2.58. The van der Waals surface area contributed by atoms with E-state index in [0.29, 0.717) is 31.1 Å². The fourth-order valence-corrected chi connectivity index (χ4v) is 6.03. The molecule has 2 aliphatic rings. The lowest BCUT2D eigenvalue weighted by molar-refractivity contribution is -0.151. The Kier molecular flexibility index (Phi) is 8.18. The van der Waals surface area contributed by atoms with Crippen molar-refractivity contribution in [2.75, 3.05) is 0 Å². The molecule has 0 spiro atoms. The van der Waals surface area contributed by atoms with E-state index in [4.69, 9.17) is 13.9 Å². The molecule has 0 radical (unpaired) electrons. The Morgan fingerprint density at radius 2 is 1.86 bits per heavy atom. The van der Waals surface area contributed by atoms with Crippen LogP contribution < -0.4 is 0 Å². The maximum absolute atomic E-state index is 13.2. The van der Waals surface area contributed by atoms with Crippen LogP contribution in [0.3, 0.4) is 0 Å². The second kappa shape index (κ2) is 10.9. The molecule has 2 aromatic rings. The van der Waals surface area contributed by atoms with Crippen molar-refractivity contribution in [1.29, 1.82) is 0 Å². The van der Waals surface area contributed by atoms with Gasteiger partial charge in [0.25, 0.3) is 0 Å². The summed E-state index contributed by atoms with van der Waals surface area (Å²) in [5.41, 5.74) is 1.33. The van der Waals surface area contributed by atoms with E-state index < -0.39 is 11.5 Å².